The first-order chi connectivity index (χ1) is 16.1. The summed E-state index contributed by atoms with van der Waals surface area (Å²) in [5, 5.41) is 3.03. The van der Waals surface area contributed by atoms with E-state index in [1.54, 1.807) is 0 Å². The number of amides is 1. The molecular weight excluding hydrogens is 408 g/mol. The van der Waals surface area contributed by atoms with E-state index in [4.69, 9.17) is 0 Å². The fourth-order valence-electron chi connectivity index (χ4n) is 4.73. The van der Waals surface area contributed by atoms with E-state index >= 15 is 0 Å². The van der Waals surface area contributed by atoms with Crippen molar-refractivity contribution < 1.29 is 4.79 Å². The highest BCUT2D eigenvalue weighted by atomic mass is 16.1. The van der Waals surface area contributed by atoms with E-state index in [0.29, 0.717) is 5.56 Å². The lowest BCUT2D eigenvalue weighted by molar-refractivity contribution is 0.102. The first kappa shape index (κ1) is 21.7. The molecule has 0 aromatic heterocycles. The molecule has 0 saturated carbocycles. The van der Waals surface area contributed by atoms with Crippen molar-refractivity contribution in [1.29, 1.82) is 0 Å². The smallest absolute Gasteiger partial charge is 0.255 e. The quantitative estimate of drug-likeness (QED) is 0.644. The highest BCUT2D eigenvalue weighted by Gasteiger charge is 2.17. The third kappa shape index (κ3) is 5.27. The van der Waals surface area contributed by atoms with E-state index in [0.717, 1.165) is 57.9 Å². The van der Waals surface area contributed by atoms with Crippen molar-refractivity contribution in [2.45, 2.75) is 19.5 Å². The Morgan fingerprint density at radius 1 is 0.818 bits per heavy atom. The zero-order valence-electron chi connectivity index (χ0n) is 19.3. The molecule has 0 atom stereocenters. The predicted octanol–water partition coefficient (Wildman–Crippen LogP) is 4.25. The maximum absolute atomic E-state index is 12.7. The fraction of sp³-hybridized carbons (Fsp3) is 0.321. The number of benzene rings is 3. The Hall–Kier alpha value is -3.15. The van der Waals surface area contributed by atoms with E-state index in [1.807, 2.05) is 24.3 Å². The van der Waals surface area contributed by atoms with Crippen LogP contribution in [0.5, 0.6) is 0 Å². The average Bonchev–Trinajstić information content (AvgIpc) is 2.85. The molecular formula is C28H32N4O. The van der Waals surface area contributed by atoms with Gasteiger partial charge in [0.25, 0.3) is 5.91 Å². The van der Waals surface area contributed by atoms with Crippen molar-refractivity contribution in [3.05, 3.63) is 95.1 Å². The Balaban J connectivity index is 1.15. The number of carbonyl (C=O) groups is 1. The summed E-state index contributed by atoms with van der Waals surface area (Å²) in [5.41, 5.74) is 6.86. The molecule has 0 spiro atoms. The van der Waals surface area contributed by atoms with E-state index in [2.05, 4.69) is 75.6 Å². The maximum atomic E-state index is 12.7. The fourth-order valence-corrected chi connectivity index (χ4v) is 4.73. The molecule has 2 aliphatic rings. The SMILES string of the molecule is CN1CCN(c2ccc(NC(=O)c3ccc(CN4CCc5ccccc5C4)cc3)cc2)CC1. The first-order valence-corrected chi connectivity index (χ1v) is 11.9. The van der Waals surface area contributed by atoms with Crippen LogP contribution in [-0.2, 0) is 19.5 Å². The third-order valence-electron chi connectivity index (χ3n) is 6.83. The molecule has 1 saturated heterocycles. The number of carbonyl (C=O) groups excluding carboxylic acids is 1. The van der Waals surface area contributed by atoms with Crippen molar-refractivity contribution in [3.8, 4) is 0 Å². The molecule has 170 valence electrons. The van der Waals surface area contributed by atoms with E-state index in [9.17, 15) is 4.79 Å². The summed E-state index contributed by atoms with van der Waals surface area (Å²) < 4.78 is 0. The average molecular weight is 441 g/mol. The van der Waals surface area contributed by atoms with E-state index in [-0.39, 0.29) is 5.91 Å². The minimum absolute atomic E-state index is 0.0687. The van der Waals surface area contributed by atoms with Gasteiger partial charge in [0, 0.05) is 62.8 Å². The molecule has 2 heterocycles. The number of nitrogens with one attached hydrogen (secondary N) is 1. The van der Waals surface area contributed by atoms with E-state index < -0.39 is 0 Å². The molecule has 0 aliphatic carbocycles. The summed E-state index contributed by atoms with van der Waals surface area (Å²) in [7, 11) is 2.16. The molecule has 33 heavy (non-hydrogen) atoms. The van der Waals surface area contributed by atoms with Gasteiger partial charge in [-0.25, -0.2) is 0 Å². The highest BCUT2D eigenvalue weighted by Crippen LogP contribution is 2.22. The molecule has 5 nitrogen and oxygen atoms in total. The van der Waals surface area contributed by atoms with Gasteiger partial charge in [-0.15, -0.1) is 0 Å². The Kier molecular flexibility index (Phi) is 6.42. The van der Waals surface area contributed by atoms with Gasteiger partial charge in [-0.2, -0.15) is 0 Å². The topological polar surface area (TPSA) is 38.8 Å². The number of hydrogen-bond acceptors (Lipinski definition) is 4. The molecule has 1 amide bonds. The van der Waals surface area contributed by atoms with Crippen LogP contribution in [0.3, 0.4) is 0 Å². The number of hydrogen-bond donors (Lipinski definition) is 1. The minimum atomic E-state index is -0.0687. The minimum Gasteiger partial charge on any atom is -0.369 e. The van der Waals surface area contributed by atoms with Gasteiger partial charge in [-0.05, 0) is 66.6 Å². The van der Waals surface area contributed by atoms with Crippen LogP contribution < -0.4 is 10.2 Å². The summed E-state index contributed by atoms with van der Waals surface area (Å²) in [5.74, 6) is -0.0687. The van der Waals surface area contributed by atoms with Crippen LogP contribution in [0.25, 0.3) is 0 Å². The van der Waals surface area contributed by atoms with Gasteiger partial charge in [0.15, 0.2) is 0 Å². The molecule has 0 unspecified atom stereocenters. The Morgan fingerprint density at radius 2 is 1.52 bits per heavy atom. The number of anilines is 2. The second kappa shape index (κ2) is 9.77. The van der Waals surface area contributed by atoms with Crippen molar-refractivity contribution in [2.75, 3.05) is 50.0 Å². The van der Waals surface area contributed by atoms with Gasteiger partial charge >= 0.3 is 0 Å². The molecule has 5 rings (SSSR count). The van der Waals surface area contributed by atoms with Crippen molar-refractivity contribution >= 4 is 17.3 Å². The number of likely N-dealkylation sites (N-methyl/N-ethyl adjacent to an activating group) is 1. The standard InChI is InChI=1S/C28H32N4O/c1-30-16-18-32(19-17-30)27-12-10-26(11-13-27)29-28(33)24-8-6-22(7-9-24)20-31-15-14-23-4-2-3-5-25(23)21-31/h2-13H,14-21H2,1H3,(H,29,33). The predicted molar refractivity (Wildman–Crippen MR) is 135 cm³/mol. The number of fused-ring (bicyclic) bond motifs is 1. The van der Waals surface area contributed by atoms with E-state index in [1.165, 1.54) is 22.4 Å². The van der Waals surface area contributed by atoms with Crippen LogP contribution in [0.2, 0.25) is 0 Å². The Morgan fingerprint density at radius 3 is 2.24 bits per heavy atom. The van der Waals surface area contributed by atoms with Crippen molar-refractivity contribution in [3.63, 3.8) is 0 Å². The lowest BCUT2D eigenvalue weighted by Crippen LogP contribution is -2.44. The van der Waals surface area contributed by atoms with Crippen LogP contribution in [0.15, 0.2) is 72.8 Å². The first-order valence-electron chi connectivity index (χ1n) is 11.9. The Bertz CT molecular complexity index is 1090. The molecule has 3 aromatic rings. The summed E-state index contributed by atoms with van der Waals surface area (Å²) in [4.78, 5) is 20.0. The molecule has 1 fully saturated rings. The van der Waals surface area contributed by atoms with Crippen LogP contribution in [0, 0.1) is 0 Å². The van der Waals surface area contributed by atoms with Gasteiger partial charge in [-0.3, -0.25) is 9.69 Å². The zero-order chi connectivity index (χ0) is 22.6. The summed E-state index contributed by atoms with van der Waals surface area (Å²) in [6.07, 6.45) is 1.10. The lowest BCUT2D eigenvalue weighted by atomic mass is 9.99. The summed E-state index contributed by atoms with van der Waals surface area (Å²) >= 11 is 0. The molecule has 0 radical (unpaired) electrons. The molecule has 3 aromatic carbocycles. The molecule has 1 N–H and O–H groups in total. The number of rotatable bonds is 5. The maximum Gasteiger partial charge on any atom is 0.255 e. The van der Waals surface area contributed by atoms with Crippen molar-refractivity contribution in [1.82, 2.24) is 9.80 Å². The van der Waals surface area contributed by atoms with Gasteiger partial charge in [-0.1, -0.05) is 36.4 Å². The molecule has 2 aliphatic heterocycles. The molecule has 5 heteroatoms. The highest BCUT2D eigenvalue weighted by molar-refractivity contribution is 6.04. The number of piperazine rings is 1. The monoisotopic (exact) mass is 440 g/mol. The second-order valence-corrected chi connectivity index (χ2v) is 9.22. The van der Waals surface area contributed by atoms with Crippen LogP contribution >= 0.6 is 0 Å². The van der Waals surface area contributed by atoms with Crippen LogP contribution in [0.4, 0.5) is 11.4 Å². The third-order valence-corrected chi connectivity index (χ3v) is 6.83. The largest absolute Gasteiger partial charge is 0.369 e. The Labute approximate surface area is 196 Å². The van der Waals surface area contributed by atoms with Gasteiger partial charge < -0.3 is 15.1 Å². The normalized spacial score (nSPS) is 16.9. The number of nitrogens with zero attached hydrogens (tertiary/aromatic N) is 3. The molecule has 0 bridgehead atoms. The summed E-state index contributed by atoms with van der Waals surface area (Å²) in [6.45, 7) is 7.21. The van der Waals surface area contributed by atoms with Gasteiger partial charge in [0.05, 0.1) is 0 Å². The summed E-state index contributed by atoms with van der Waals surface area (Å²) in [6, 6.07) is 24.9. The van der Waals surface area contributed by atoms with Gasteiger partial charge in [0.1, 0.15) is 0 Å². The van der Waals surface area contributed by atoms with Crippen LogP contribution in [0.1, 0.15) is 27.0 Å². The van der Waals surface area contributed by atoms with Crippen molar-refractivity contribution in [2.24, 2.45) is 0 Å². The van der Waals surface area contributed by atoms with Crippen LogP contribution in [-0.4, -0.2) is 55.5 Å². The zero-order valence-corrected chi connectivity index (χ0v) is 19.3. The lowest BCUT2D eigenvalue weighted by Gasteiger charge is -2.34. The second-order valence-electron chi connectivity index (χ2n) is 9.22. The van der Waals surface area contributed by atoms with Gasteiger partial charge in [0.2, 0.25) is 0 Å².